The van der Waals surface area contributed by atoms with Crippen molar-refractivity contribution in [2.24, 2.45) is 0 Å². The van der Waals surface area contributed by atoms with Crippen LogP contribution in [0.5, 0.6) is 0 Å². The SMILES string of the molecule is CS(=O)(=O)N1CCOC2(C[C@H]3CC[C@@H](C2)N3Cc2noc(C3CC3)n2)C1. The minimum absolute atomic E-state index is 0.333. The number of nitrogens with zero attached hydrogens (tertiary/aromatic N) is 4. The molecule has 144 valence electrons. The lowest BCUT2D eigenvalue weighted by molar-refractivity contribution is -0.136. The highest BCUT2D eigenvalue weighted by Gasteiger charge is 2.51. The van der Waals surface area contributed by atoms with Gasteiger partial charge in [-0.1, -0.05) is 5.16 Å². The minimum atomic E-state index is -3.17. The Morgan fingerprint density at radius 1 is 1.19 bits per heavy atom. The van der Waals surface area contributed by atoms with E-state index in [-0.39, 0.29) is 5.60 Å². The number of hydrogen-bond acceptors (Lipinski definition) is 7. The Hall–Kier alpha value is -1.03. The molecule has 26 heavy (non-hydrogen) atoms. The number of fused-ring (bicyclic) bond motifs is 2. The molecule has 0 N–H and O–H groups in total. The first-order chi connectivity index (χ1) is 12.4. The van der Waals surface area contributed by atoms with Crippen LogP contribution in [0.3, 0.4) is 0 Å². The van der Waals surface area contributed by atoms with Crippen molar-refractivity contribution in [2.45, 2.75) is 68.7 Å². The van der Waals surface area contributed by atoms with Crippen LogP contribution in [0.15, 0.2) is 4.52 Å². The predicted octanol–water partition coefficient (Wildman–Crippen LogP) is 1.10. The first-order valence-electron chi connectivity index (χ1n) is 9.59. The zero-order valence-corrected chi connectivity index (χ0v) is 15.9. The van der Waals surface area contributed by atoms with Gasteiger partial charge in [-0.15, -0.1) is 0 Å². The molecule has 3 atom stereocenters. The molecule has 8 nitrogen and oxygen atoms in total. The topological polar surface area (TPSA) is 88.8 Å². The van der Waals surface area contributed by atoms with E-state index in [0.29, 0.717) is 37.7 Å². The van der Waals surface area contributed by atoms with Crippen molar-refractivity contribution in [3.8, 4) is 0 Å². The fraction of sp³-hybridized carbons (Fsp3) is 0.882. The Morgan fingerprint density at radius 3 is 2.58 bits per heavy atom. The maximum Gasteiger partial charge on any atom is 0.229 e. The standard InChI is InChI=1S/C17H26N4O4S/c1-26(22,23)20-6-7-24-17(11-20)8-13-4-5-14(9-17)21(13)10-15-18-16(25-19-15)12-2-3-12/h12-14H,2-11H2,1H3/t13-,14+,17?. The molecule has 1 aromatic heterocycles. The van der Waals surface area contributed by atoms with Crippen molar-refractivity contribution in [3.63, 3.8) is 0 Å². The summed E-state index contributed by atoms with van der Waals surface area (Å²) < 4.78 is 37.1. The normalized spacial score (nSPS) is 36.0. The van der Waals surface area contributed by atoms with Crippen molar-refractivity contribution < 1.29 is 17.7 Å². The molecule has 1 spiro atoms. The van der Waals surface area contributed by atoms with Gasteiger partial charge in [0.25, 0.3) is 0 Å². The molecule has 1 aliphatic carbocycles. The van der Waals surface area contributed by atoms with Gasteiger partial charge in [0.1, 0.15) is 0 Å². The molecule has 2 bridgehead atoms. The van der Waals surface area contributed by atoms with E-state index in [4.69, 9.17) is 9.26 Å². The van der Waals surface area contributed by atoms with Gasteiger partial charge in [0.05, 0.1) is 25.0 Å². The van der Waals surface area contributed by atoms with Crippen LogP contribution in [0.2, 0.25) is 0 Å². The van der Waals surface area contributed by atoms with Crippen LogP contribution in [0.1, 0.15) is 56.2 Å². The second kappa shape index (κ2) is 5.98. The molecule has 3 aliphatic heterocycles. The number of ether oxygens (including phenoxy) is 1. The highest BCUT2D eigenvalue weighted by molar-refractivity contribution is 7.88. The Balaban J connectivity index is 1.29. The molecule has 1 unspecified atom stereocenters. The van der Waals surface area contributed by atoms with Crippen molar-refractivity contribution >= 4 is 10.0 Å². The van der Waals surface area contributed by atoms with E-state index in [2.05, 4.69) is 15.0 Å². The van der Waals surface area contributed by atoms with Crippen molar-refractivity contribution in [1.82, 2.24) is 19.3 Å². The molecule has 3 saturated heterocycles. The van der Waals surface area contributed by atoms with Crippen LogP contribution in [0, 0.1) is 0 Å². The lowest BCUT2D eigenvalue weighted by atomic mass is 9.85. The Morgan fingerprint density at radius 2 is 1.92 bits per heavy atom. The molecule has 4 aliphatic rings. The van der Waals surface area contributed by atoms with Crippen LogP contribution in [-0.4, -0.2) is 71.4 Å². The molecule has 0 radical (unpaired) electrons. The van der Waals surface area contributed by atoms with E-state index in [1.807, 2.05) is 0 Å². The molecule has 0 amide bonds. The Labute approximate surface area is 153 Å². The average Bonchev–Trinajstić information content (AvgIpc) is 3.28. The number of aromatic nitrogens is 2. The third-order valence-corrected chi connectivity index (χ3v) is 7.65. The summed E-state index contributed by atoms with van der Waals surface area (Å²) in [6.07, 6.45) is 7.62. The van der Waals surface area contributed by atoms with Gasteiger partial charge in [0.2, 0.25) is 15.9 Å². The van der Waals surface area contributed by atoms with E-state index in [1.54, 1.807) is 4.31 Å². The smallest absolute Gasteiger partial charge is 0.229 e. The van der Waals surface area contributed by atoms with Gasteiger partial charge < -0.3 is 9.26 Å². The van der Waals surface area contributed by atoms with Gasteiger partial charge in [-0.25, -0.2) is 8.42 Å². The second-order valence-electron chi connectivity index (χ2n) is 8.42. The van der Waals surface area contributed by atoms with Crippen LogP contribution in [-0.2, 0) is 21.3 Å². The van der Waals surface area contributed by atoms with Crippen LogP contribution < -0.4 is 0 Å². The van der Waals surface area contributed by atoms with Crippen molar-refractivity contribution in [2.75, 3.05) is 26.0 Å². The van der Waals surface area contributed by atoms with Crippen molar-refractivity contribution in [1.29, 1.82) is 0 Å². The number of rotatable bonds is 4. The maximum atomic E-state index is 12.0. The summed E-state index contributed by atoms with van der Waals surface area (Å²) >= 11 is 0. The molecule has 4 heterocycles. The van der Waals surface area contributed by atoms with Crippen molar-refractivity contribution in [3.05, 3.63) is 11.7 Å². The minimum Gasteiger partial charge on any atom is -0.372 e. The Bertz CT molecular complexity index is 776. The highest BCUT2D eigenvalue weighted by atomic mass is 32.2. The van der Waals surface area contributed by atoms with E-state index in [0.717, 1.165) is 56.8 Å². The predicted molar refractivity (Wildman–Crippen MR) is 93.0 cm³/mol. The highest BCUT2D eigenvalue weighted by Crippen LogP contribution is 2.45. The third-order valence-electron chi connectivity index (χ3n) is 6.40. The maximum absolute atomic E-state index is 12.0. The Kier molecular flexibility index (Phi) is 3.93. The molecule has 4 fully saturated rings. The van der Waals surface area contributed by atoms with E-state index in [1.165, 1.54) is 6.26 Å². The second-order valence-corrected chi connectivity index (χ2v) is 10.4. The number of sulfonamides is 1. The first-order valence-corrected chi connectivity index (χ1v) is 11.4. The molecule has 1 aromatic rings. The van der Waals surface area contributed by atoms with Crippen LogP contribution in [0.4, 0.5) is 0 Å². The summed E-state index contributed by atoms with van der Waals surface area (Å²) in [5, 5.41) is 4.17. The lowest BCUT2D eigenvalue weighted by Gasteiger charge is -2.49. The summed E-state index contributed by atoms with van der Waals surface area (Å²) in [5.41, 5.74) is -0.333. The molecule has 1 saturated carbocycles. The monoisotopic (exact) mass is 382 g/mol. The van der Waals surface area contributed by atoms with Gasteiger partial charge >= 0.3 is 0 Å². The van der Waals surface area contributed by atoms with Crippen LogP contribution >= 0.6 is 0 Å². The number of morpholine rings is 1. The molecular weight excluding hydrogens is 356 g/mol. The van der Waals surface area contributed by atoms with Gasteiger partial charge in [0.15, 0.2) is 5.82 Å². The molecule has 0 aromatic carbocycles. The summed E-state index contributed by atoms with van der Waals surface area (Å²) in [5.74, 6) is 2.05. The summed E-state index contributed by atoms with van der Waals surface area (Å²) in [6, 6.07) is 0.798. The molecular formula is C17H26N4O4S. The fourth-order valence-electron chi connectivity index (χ4n) is 4.98. The van der Waals surface area contributed by atoms with E-state index in [9.17, 15) is 8.42 Å². The summed E-state index contributed by atoms with van der Waals surface area (Å²) in [4.78, 5) is 7.05. The largest absolute Gasteiger partial charge is 0.372 e. The van der Waals surface area contributed by atoms with Gasteiger partial charge in [-0.2, -0.15) is 9.29 Å². The van der Waals surface area contributed by atoms with Gasteiger partial charge in [0, 0.05) is 31.1 Å². The van der Waals surface area contributed by atoms with Gasteiger partial charge in [-0.3, -0.25) is 4.90 Å². The fourth-order valence-corrected chi connectivity index (χ4v) is 5.86. The zero-order valence-electron chi connectivity index (χ0n) is 15.1. The van der Waals surface area contributed by atoms with Crippen LogP contribution in [0.25, 0.3) is 0 Å². The number of hydrogen-bond donors (Lipinski definition) is 0. The average molecular weight is 382 g/mol. The quantitative estimate of drug-likeness (QED) is 0.770. The molecule has 9 heteroatoms. The van der Waals surface area contributed by atoms with E-state index >= 15 is 0 Å². The van der Waals surface area contributed by atoms with Gasteiger partial charge in [-0.05, 0) is 38.5 Å². The molecule has 5 rings (SSSR count). The third kappa shape index (κ3) is 3.08. The number of piperidine rings is 1. The first kappa shape index (κ1) is 17.1. The van der Waals surface area contributed by atoms with E-state index < -0.39 is 10.0 Å². The zero-order chi connectivity index (χ0) is 17.9. The summed E-state index contributed by atoms with van der Waals surface area (Å²) in [7, 11) is -3.17. The lowest BCUT2D eigenvalue weighted by Crippen LogP contribution is -2.60. The summed E-state index contributed by atoms with van der Waals surface area (Å²) in [6.45, 7) is 2.16.